The minimum Gasteiger partial charge on any atom is -0.314 e. The number of nitrogens with zero attached hydrogens (tertiary/aromatic N) is 1. The molecule has 0 spiro atoms. The first-order chi connectivity index (χ1) is 22.6. The van der Waals surface area contributed by atoms with Gasteiger partial charge in [0.2, 0.25) is 0 Å². The van der Waals surface area contributed by atoms with E-state index in [1.165, 1.54) is 31.3 Å². The maximum Gasteiger partial charge on any atom is 0.0458 e. The van der Waals surface area contributed by atoms with Gasteiger partial charge in [-0.1, -0.05) is 128 Å². The largest absolute Gasteiger partial charge is 0.314 e. The molecule has 6 rings (SSSR count). The quantitative estimate of drug-likeness (QED) is 0.139. The standard InChI is InChI=1S/C44H37NS/c1-5-13-33(14-6-2)35-20-25-39(26-21-35)45(40-27-22-36(23-28-40)34-16-9-8-10-17-34)32(4)30-37(15-7-3)38-24-29-44-42(31-38)41-18-11-12-19-43(41)46-44/h5-31H,1,3H2,2,4H3/b14-6-,32-30+,33-13+,37-15+. The average molecular weight is 612 g/mol. The summed E-state index contributed by atoms with van der Waals surface area (Å²) in [6, 6.07) is 43.5. The Labute approximate surface area is 276 Å². The van der Waals surface area contributed by atoms with Crippen LogP contribution in [0.25, 0.3) is 42.4 Å². The molecule has 5 aromatic carbocycles. The number of fused-ring (bicyclic) bond motifs is 3. The monoisotopic (exact) mass is 611 g/mol. The highest BCUT2D eigenvalue weighted by Gasteiger charge is 2.15. The van der Waals surface area contributed by atoms with E-state index < -0.39 is 0 Å². The van der Waals surface area contributed by atoms with Crippen molar-refractivity contribution in [1.29, 1.82) is 0 Å². The number of rotatable bonds is 10. The molecule has 0 saturated heterocycles. The molecule has 0 radical (unpaired) electrons. The Balaban J connectivity index is 1.44. The van der Waals surface area contributed by atoms with E-state index in [4.69, 9.17) is 0 Å². The first-order valence-electron chi connectivity index (χ1n) is 15.5. The molecule has 0 aliphatic rings. The minimum atomic E-state index is 1.08. The number of hydrogen-bond donors (Lipinski definition) is 0. The lowest BCUT2D eigenvalue weighted by Gasteiger charge is -2.27. The lowest BCUT2D eigenvalue weighted by atomic mass is 10.0. The molecule has 2 heteroatoms. The van der Waals surface area contributed by atoms with Gasteiger partial charge in [-0.25, -0.2) is 0 Å². The van der Waals surface area contributed by atoms with E-state index in [0.717, 1.165) is 39.3 Å². The second-order valence-corrected chi connectivity index (χ2v) is 12.2. The summed E-state index contributed by atoms with van der Waals surface area (Å²) in [5, 5.41) is 2.58. The molecule has 0 saturated carbocycles. The van der Waals surface area contributed by atoms with Crippen LogP contribution in [-0.4, -0.2) is 0 Å². The molecule has 1 aromatic heterocycles. The SMILES string of the molecule is C=C/C=C(\C=C/C)c1ccc(N(/C(C)=C/C(=C\C=C)c2ccc3sc4ccccc4c3c2)c2ccc(-c3ccccc3)cc2)cc1. The molecule has 0 unspecified atom stereocenters. The van der Waals surface area contributed by atoms with E-state index in [0.29, 0.717) is 0 Å². The van der Waals surface area contributed by atoms with Gasteiger partial charge in [0.05, 0.1) is 0 Å². The number of thiophene rings is 1. The Kier molecular flexibility index (Phi) is 9.38. The van der Waals surface area contributed by atoms with Crippen molar-refractivity contribution in [1.82, 2.24) is 0 Å². The normalized spacial score (nSPS) is 12.6. The van der Waals surface area contributed by atoms with E-state index in [1.807, 2.05) is 36.5 Å². The van der Waals surface area contributed by atoms with Gasteiger partial charge in [-0.15, -0.1) is 11.3 Å². The third-order valence-electron chi connectivity index (χ3n) is 8.06. The molecule has 1 nitrogen and oxygen atoms in total. The minimum absolute atomic E-state index is 1.08. The molecule has 0 amide bonds. The highest BCUT2D eigenvalue weighted by atomic mass is 32.1. The van der Waals surface area contributed by atoms with Crippen LogP contribution in [0.2, 0.25) is 0 Å². The van der Waals surface area contributed by atoms with Gasteiger partial charge < -0.3 is 4.90 Å². The molecule has 6 aromatic rings. The summed E-state index contributed by atoms with van der Waals surface area (Å²) in [6.45, 7) is 12.2. The van der Waals surface area contributed by atoms with Crippen LogP contribution >= 0.6 is 11.3 Å². The highest BCUT2D eigenvalue weighted by Crippen LogP contribution is 2.37. The summed E-state index contributed by atoms with van der Waals surface area (Å²) in [7, 11) is 0. The molecule has 0 aliphatic carbocycles. The molecule has 0 N–H and O–H groups in total. The van der Waals surface area contributed by atoms with Gasteiger partial charge in [0.1, 0.15) is 0 Å². The van der Waals surface area contributed by atoms with Crippen LogP contribution in [0.4, 0.5) is 11.4 Å². The lowest BCUT2D eigenvalue weighted by molar-refractivity contribution is 1.16. The number of anilines is 2. The Hall–Kier alpha value is -5.44. The van der Waals surface area contributed by atoms with Crippen LogP contribution in [0, 0.1) is 0 Å². The zero-order chi connectivity index (χ0) is 31.9. The Morgan fingerprint density at radius 3 is 1.89 bits per heavy atom. The average Bonchev–Trinajstić information content (AvgIpc) is 3.47. The fraction of sp³-hybridized carbons (Fsp3) is 0.0455. The van der Waals surface area contributed by atoms with Crippen LogP contribution in [0.3, 0.4) is 0 Å². The maximum absolute atomic E-state index is 4.06. The van der Waals surface area contributed by atoms with Crippen molar-refractivity contribution in [2.75, 3.05) is 4.90 Å². The van der Waals surface area contributed by atoms with Crippen molar-refractivity contribution in [3.63, 3.8) is 0 Å². The van der Waals surface area contributed by atoms with Crippen LogP contribution in [0.5, 0.6) is 0 Å². The molecule has 0 aliphatic heterocycles. The summed E-state index contributed by atoms with van der Waals surface area (Å²) in [6.07, 6.45) is 14.3. The number of benzene rings is 5. The zero-order valence-electron chi connectivity index (χ0n) is 26.4. The van der Waals surface area contributed by atoms with Crippen molar-refractivity contribution >= 4 is 54.0 Å². The number of hydrogen-bond acceptors (Lipinski definition) is 2. The van der Waals surface area contributed by atoms with E-state index >= 15 is 0 Å². The first-order valence-corrected chi connectivity index (χ1v) is 16.4. The molecule has 0 bridgehead atoms. The van der Waals surface area contributed by atoms with Crippen molar-refractivity contribution in [2.45, 2.75) is 13.8 Å². The van der Waals surface area contributed by atoms with Crippen molar-refractivity contribution in [3.8, 4) is 11.1 Å². The van der Waals surface area contributed by atoms with Crippen molar-refractivity contribution < 1.29 is 0 Å². The van der Waals surface area contributed by atoms with Crippen LogP contribution in [0.1, 0.15) is 25.0 Å². The van der Waals surface area contributed by atoms with Crippen molar-refractivity contribution in [2.24, 2.45) is 0 Å². The van der Waals surface area contributed by atoms with E-state index in [2.05, 4.69) is 171 Å². The number of allylic oxidation sites excluding steroid dienone is 10. The van der Waals surface area contributed by atoms with Crippen LogP contribution < -0.4 is 4.90 Å². The Morgan fingerprint density at radius 2 is 1.20 bits per heavy atom. The molecular formula is C44H37NS. The second-order valence-electron chi connectivity index (χ2n) is 11.1. The summed E-state index contributed by atoms with van der Waals surface area (Å²) in [5.74, 6) is 0. The van der Waals surface area contributed by atoms with E-state index in [1.54, 1.807) is 0 Å². The fourth-order valence-electron chi connectivity index (χ4n) is 5.90. The van der Waals surface area contributed by atoms with Gasteiger partial charge in [-0.3, -0.25) is 0 Å². The Bertz CT molecular complexity index is 2120. The van der Waals surface area contributed by atoms with E-state index in [-0.39, 0.29) is 0 Å². The Morgan fingerprint density at radius 1 is 0.609 bits per heavy atom. The predicted octanol–water partition coefficient (Wildman–Crippen LogP) is 13.2. The fourth-order valence-corrected chi connectivity index (χ4v) is 6.98. The van der Waals surface area contributed by atoms with Gasteiger partial charge in [0.15, 0.2) is 0 Å². The summed E-state index contributed by atoms with van der Waals surface area (Å²) in [5.41, 5.74) is 10.2. The molecule has 0 fully saturated rings. The van der Waals surface area contributed by atoms with Crippen LogP contribution in [0.15, 0.2) is 183 Å². The third kappa shape index (κ3) is 6.49. The van der Waals surface area contributed by atoms with Crippen LogP contribution in [-0.2, 0) is 0 Å². The van der Waals surface area contributed by atoms with Gasteiger partial charge in [-0.05, 0) is 95.8 Å². The lowest BCUT2D eigenvalue weighted by Crippen LogP contribution is -2.14. The van der Waals surface area contributed by atoms with Gasteiger partial charge in [0.25, 0.3) is 0 Å². The van der Waals surface area contributed by atoms with E-state index in [9.17, 15) is 0 Å². The summed E-state index contributed by atoms with van der Waals surface area (Å²) >= 11 is 1.84. The van der Waals surface area contributed by atoms with Crippen molar-refractivity contribution in [3.05, 3.63) is 194 Å². The maximum atomic E-state index is 4.06. The first kappa shape index (κ1) is 30.6. The van der Waals surface area contributed by atoms with Gasteiger partial charge in [0, 0.05) is 37.2 Å². The molecule has 1 heterocycles. The molecular weight excluding hydrogens is 575 g/mol. The van der Waals surface area contributed by atoms with Gasteiger partial charge >= 0.3 is 0 Å². The smallest absolute Gasteiger partial charge is 0.0458 e. The zero-order valence-corrected chi connectivity index (χ0v) is 27.2. The molecule has 46 heavy (non-hydrogen) atoms. The highest BCUT2D eigenvalue weighted by molar-refractivity contribution is 7.25. The summed E-state index contributed by atoms with van der Waals surface area (Å²) < 4.78 is 2.61. The third-order valence-corrected chi connectivity index (χ3v) is 9.21. The topological polar surface area (TPSA) is 3.24 Å². The molecule has 0 atom stereocenters. The predicted molar refractivity (Wildman–Crippen MR) is 205 cm³/mol. The summed E-state index contributed by atoms with van der Waals surface area (Å²) in [4.78, 5) is 2.32. The molecule has 224 valence electrons. The second kappa shape index (κ2) is 14.1. The van der Waals surface area contributed by atoms with Gasteiger partial charge in [-0.2, -0.15) is 0 Å².